The topological polar surface area (TPSA) is 138 Å². The molecule has 0 bridgehead atoms. The summed E-state index contributed by atoms with van der Waals surface area (Å²) in [6.45, 7) is 0. The molecule has 1 rings (SSSR count). The first-order valence-electron chi connectivity index (χ1n) is 5.64. The second-order valence-corrected chi connectivity index (χ2v) is 6.61. The van der Waals surface area contributed by atoms with Crippen LogP contribution in [-0.4, -0.2) is 41.9 Å². The van der Waals surface area contributed by atoms with Crippen LogP contribution in [0.1, 0.15) is 6.42 Å². The van der Waals surface area contributed by atoms with Gasteiger partial charge < -0.3 is 15.9 Å². The third-order valence-electron chi connectivity index (χ3n) is 2.60. The van der Waals surface area contributed by atoms with E-state index in [1.165, 1.54) is 24.3 Å². The average molecular weight is 337 g/mol. The number of hydrogen-bond acceptors (Lipinski definition) is 5. The van der Waals surface area contributed by atoms with Crippen molar-refractivity contribution in [2.24, 2.45) is 5.73 Å². The molecule has 0 radical (unpaired) electrons. The first-order valence-corrected chi connectivity index (χ1v) is 7.48. The summed E-state index contributed by atoms with van der Waals surface area (Å²) < 4.78 is 24.7. The number of nitrogens with two attached hydrogens (primary N) is 1. The minimum absolute atomic E-state index is 0.0364. The van der Waals surface area contributed by atoms with Crippen molar-refractivity contribution in [1.82, 2.24) is 0 Å². The molecule has 0 aromatic heterocycles. The Morgan fingerprint density at radius 3 is 2.14 bits per heavy atom. The van der Waals surface area contributed by atoms with E-state index in [9.17, 15) is 18.0 Å². The molecule has 0 fully saturated rings. The zero-order valence-corrected chi connectivity index (χ0v) is 12.2. The van der Waals surface area contributed by atoms with Crippen molar-refractivity contribution in [2.75, 3.05) is 3.82 Å². The fourth-order valence-corrected chi connectivity index (χ4v) is 3.23. The normalized spacial score (nSPS) is 14.2. The molecule has 21 heavy (non-hydrogen) atoms. The standard InChI is InChI=1S/C11H13ClN2O6S/c12-14(7-4-2-1-3-5-7)21(19,20)9(11(17)18)6-8(13)10(15)16/h1-5,8-9H,6,13H2,(H,15,16)(H,17,18)/t8-,9?/m0/s1. The van der Waals surface area contributed by atoms with Gasteiger partial charge in [0, 0.05) is 18.2 Å². The van der Waals surface area contributed by atoms with E-state index in [-0.39, 0.29) is 9.51 Å². The van der Waals surface area contributed by atoms with E-state index in [0.717, 1.165) is 0 Å². The minimum atomic E-state index is -4.53. The summed E-state index contributed by atoms with van der Waals surface area (Å²) in [6.07, 6.45) is -0.803. The number of halogens is 1. The molecular formula is C11H13ClN2O6S. The van der Waals surface area contributed by atoms with Gasteiger partial charge in [0.15, 0.2) is 5.25 Å². The Bertz CT molecular complexity index is 621. The van der Waals surface area contributed by atoms with E-state index in [4.69, 9.17) is 27.7 Å². The van der Waals surface area contributed by atoms with Gasteiger partial charge in [0.1, 0.15) is 6.04 Å². The number of benzene rings is 1. The number of carboxylic acids is 2. The summed E-state index contributed by atoms with van der Waals surface area (Å²) in [5, 5.41) is 15.6. The average Bonchev–Trinajstić information content (AvgIpc) is 2.43. The molecule has 116 valence electrons. The van der Waals surface area contributed by atoms with Gasteiger partial charge in [-0.05, 0) is 12.1 Å². The van der Waals surface area contributed by atoms with E-state index in [1.54, 1.807) is 6.07 Å². The van der Waals surface area contributed by atoms with Gasteiger partial charge in [-0.1, -0.05) is 18.2 Å². The molecule has 4 N–H and O–H groups in total. The number of rotatable bonds is 7. The van der Waals surface area contributed by atoms with Gasteiger partial charge in [0.05, 0.1) is 5.69 Å². The Morgan fingerprint density at radius 1 is 1.19 bits per heavy atom. The highest BCUT2D eigenvalue weighted by atomic mass is 35.5. The largest absolute Gasteiger partial charge is 0.480 e. The third-order valence-corrected chi connectivity index (χ3v) is 5.15. The van der Waals surface area contributed by atoms with Crippen molar-refractivity contribution in [3.8, 4) is 0 Å². The van der Waals surface area contributed by atoms with Crippen LogP contribution in [0, 0.1) is 0 Å². The van der Waals surface area contributed by atoms with Crippen LogP contribution < -0.4 is 9.56 Å². The smallest absolute Gasteiger partial charge is 0.323 e. The number of anilines is 1. The Kier molecular flexibility index (Phi) is 5.53. The van der Waals surface area contributed by atoms with Gasteiger partial charge in [0.25, 0.3) is 10.0 Å². The molecule has 0 aliphatic rings. The molecule has 1 aromatic carbocycles. The van der Waals surface area contributed by atoms with Crippen LogP contribution in [0.25, 0.3) is 0 Å². The van der Waals surface area contributed by atoms with Crippen molar-refractivity contribution >= 4 is 39.4 Å². The van der Waals surface area contributed by atoms with Crippen LogP contribution in [-0.2, 0) is 19.6 Å². The third kappa shape index (κ3) is 4.06. The monoisotopic (exact) mass is 336 g/mol. The molecule has 1 aromatic rings. The molecule has 0 aliphatic carbocycles. The Balaban J connectivity index is 3.11. The number of carboxylic acid groups (broad SMARTS) is 2. The van der Waals surface area contributed by atoms with Gasteiger partial charge >= 0.3 is 11.9 Å². The molecule has 0 aliphatic heterocycles. The van der Waals surface area contributed by atoms with Crippen molar-refractivity contribution in [2.45, 2.75) is 17.7 Å². The Morgan fingerprint density at radius 2 is 1.71 bits per heavy atom. The summed E-state index contributed by atoms with van der Waals surface area (Å²) in [7, 11) is -4.53. The quantitative estimate of drug-likeness (QED) is 0.606. The van der Waals surface area contributed by atoms with Crippen LogP contribution in [0.5, 0.6) is 0 Å². The molecule has 1 unspecified atom stereocenters. The van der Waals surface area contributed by atoms with Crippen molar-refractivity contribution in [3.05, 3.63) is 30.3 Å². The van der Waals surface area contributed by atoms with Gasteiger partial charge in [0.2, 0.25) is 0 Å². The SMILES string of the molecule is N[C@@H](CC(C(=O)O)S(=O)(=O)N(Cl)c1ccccc1)C(=O)O. The van der Waals surface area contributed by atoms with Gasteiger partial charge in [-0.3, -0.25) is 9.59 Å². The molecule has 8 nitrogen and oxygen atoms in total. The number of nitrogens with zero attached hydrogens (tertiary/aromatic N) is 1. The maximum absolute atomic E-state index is 12.2. The molecule has 10 heteroatoms. The maximum atomic E-state index is 12.2. The van der Waals surface area contributed by atoms with Gasteiger partial charge in [-0.25, -0.2) is 8.42 Å². The van der Waals surface area contributed by atoms with E-state index in [2.05, 4.69) is 0 Å². The van der Waals surface area contributed by atoms with E-state index in [1.807, 2.05) is 0 Å². The number of hydrogen-bond donors (Lipinski definition) is 3. The second kappa shape index (κ2) is 6.74. The lowest BCUT2D eigenvalue weighted by atomic mass is 10.2. The fraction of sp³-hybridized carbons (Fsp3) is 0.273. The van der Waals surface area contributed by atoms with Crippen LogP contribution in [0.15, 0.2) is 30.3 Å². The molecule has 0 heterocycles. The van der Waals surface area contributed by atoms with E-state index >= 15 is 0 Å². The van der Waals surface area contributed by atoms with Crippen molar-refractivity contribution in [3.63, 3.8) is 0 Å². The van der Waals surface area contributed by atoms with Crippen LogP contribution in [0.3, 0.4) is 0 Å². The number of aliphatic carboxylic acids is 2. The maximum Gasteiger partial charge on any atom is 0.323 e. The summed E-state index contributed by atoms with van der Waals surface area (Å²) in [6, 6.07) is 5.73. The highest BCUT2D eigenvalue weighted by Gasteiger charge is 2.39. The zero-order valence-electron chi connectivity index (χ0n) is 10.6. The van der Waals surface area contributed by atoms with Gasteiger partial charge in [-0.2, -0.15) is 3.82 Å². The lowest BCUT2D eigenvalue weighted by Gasteiger charge is -2.22. The second-order valence-electron chi connectivity index (χ2n) is 4.10. The first-order chi connectivity index (χ1) is 9.67. The van der Waals surface area contributed by atoms with Crippen molar-refractivity contribution < 1.29 is 28.2 Å². The van der Waals surface area contributed by atoms with E-state index in [0.29, 0.717) is 0 Å². The lowest BCUT2D eigenvalue weighted by Crippen LogP contribution is -2.44. The Hall–Kier alpha value is -1.84. The van der Waals surface area contributed by atoms with Gasteiger partial charge in [-0.15, -0.1) is 0 Å². The fourth-order valence-electron chi connectivity index (χ4n) is 1.49. The Labute approximate surface area is 125 Å². The first kappa shape index (κ1) is 17.2. The van der Waals surface area contributed by atoms with Crippen LogP contribution in [0.2, 0.25) is 0 Å². The van der Waals surface area contributed by atoms with Crippen LogP contribution >= 0.6 is 11.8 Å². The molecule has 2 atom stereocenters. The minimum Gasteiger partial charge on any atom is -0.480 e. The predicted octanol–water partition coefficient (Wildman–Crippen LogP) is 0.232. The molecule has 0 saturated heterocycles. The number of carbonyl (C=O) groups is 2. The summed E-state index contributed by atoms with van der Waals surface area (Å²) in [5.74, 6) is -3.23. The predicted molar refractivity (Wildman–Crippen MR) is 75.3 cm³/mol. The summed E-state index contributed by atoms with van der Waals surface area (Å²) in [5.41, 5.74) is 5.24. The highest BCUT2D eigenvalue weighted by Crippen LogP contribution is 2.24. The zero-order chi connectivity index (χ0) is 16.2. The number of para-hydroxylation sites is 1. The summed E-state index contributed by atoms with van der Waals surface area (Å²) >= 11 is 5.69. The molecular weight excluding hydrogens is 324 g/mol. The summed E-state index contributed by atoms with van der Waals surface area (Å²) in [4.78, 5) is 21.8. The molecule has 0 amide bonds. The van der Waals surface area contributed by atoms with E-state index < -0.39 is 39.7 Å². The molecule has 0 spiro atoms. The highest BCUT2D eigenvalue weighted by molar-refractivity contribution is 7.95. The lowest BCUT2D eigenvalue weighted by molar-refractivity contribution is -0.139. The van der Waals surface area contributed by atoms with Crippen molar-refractivity contribution in [1.29, 1.82) is 0 Å². The van der Waals surface area contributed by atoms with Crippen LogP contribution in [0.4, 0.5) is 5.69 Å². The number of sulfonamides is 1. The molecule has 0 saturated carbocycles.